The Labute approximate surface area is 201 Å². The van der Waals surface area contributed by atoms with Crippen molar-refractivity contribution in [2.75, 3.05) is 33.0 Å². The van der Waals surface area contributed by atoms with Crippen molar-refractivity contribution in [3.05, 3.63) is 52.7 Å². The molecule has 1 aromatic heterocycles. The number of aromatic nitrogens is 1. The standard InChI is InChI=1S/C25H26N4O6/c30-21-17-3-2-15(10-16(17)11-27-21)24(32)29-8-5-19-25(13-29,6-1-9-33-19)12-28-22(31)18-4-7-26-23-20(18)34-14-35-23/h2-4,7,10,19H,1,5-6,8-9,11-14H2,(H,27,30)(H,28,31)/t19-,25-/m1/s1. The fourth-order valence-electron chi connectivity index (χ4n) is 5.62. The van der Waals surface area contributed by atoms with Gasteiger partial charge in [0.2, 0.25) is 6.79 Å². The molecule has 2 fully saturated rings. The van der Waals surface area contributed by atoms with Crippen LogP contribution in [0.25, 0.3) is 0 Å². The van der Waals surface area contributed by atoms with Gasteiger partial charge in [-0.1, -0.05) is 0 Å². The quantitative estimate of drug-likeness (QED) is 0.684. The maximum absolute atomic E-state index is 13.4. The number of fused-ring (bicyclic) bond motifs is 3. The zero-order valence-corrected chi connectivity index (χ0v) is 19.2. The number of pyridine rings is 1. The van der Waals surface area contributed by atoms with Gasteiger partial charge in [0.1, 0.15) is 0 Å². The van der Waals surface area contributed by atoms with E-state index in [0.29, 0.717) is 67.5 Å². The maximum Gasteiger partial charge on any atom is 0.260 e. The Balaban J connectivity index is 1.20. The number of nitrogens with zero attached hydrogens (tertiary/aromatic N) is 2. The number of benzene rings is 1. The Morgan fingerprint density at radius 1 is 1.26 bits per heavy atom. The van der Waals surface area contributed by atoms with E-state index in [-0.39, 0.29) is 36.0 Å². The molecule has 35 heavy (non-hydrogen) atoms. The zero-order chi connectivity index (χ0) is 24.0. The molecule has 4 aliphatic heterocycles. The van der Waals surface area contributed by atoms with Crippen LogP contribution in [0.2, 0.25) is 0 Å². The fourth-order valence-corrected chi connectivity index (χ4v) is 5.62. The number of rotatable bonds is 4. The van der Waals surface area contributed by atoms with E-state index in [1.54, 1.807) is 24.3 Å². The SMILES string of the molecule is O=C1NCc2cc(C(=O)N3CC[C@H]4OCCC[C@@]4(CNC(=O)c4ccnc5c4OCO5)C3)ccc21. The largest absolute Gasteiger partial charge is 0.451 e. The number of hydrogen-bond donors (Lipinski definition) is 2. The van der Waals surface area contributed by atoms with Crippen LogP contribution in [0.4, 0.5) is 0 Å². The third-order valence-corrected chi connectivity index (χ3v) is 7.43. The van der Waals surface area contributed by atoms with Crippen molar-refractivity contribution in [1.29, 1.82) is 0 Å². The molecule has 5 heterocycles. The molecule has 10 nitrogen and oxygen atoms in total. The van der Waals surface area contributed by atoms with E-state index in [1.165, 1.54) is 6.20 Å². The summed E-state index contributed by atoms with van der Waals surface area (Å²) in [6, 6.07) is 6.85. The smallest absolute Gasteiger partial charge is 0.260 e. The minimum atomic E-state index is -0.385. The number of piperidine rings is 1. The summed E-state index contributed by atoms with van der Waals surface area (Å²) in [7, 11) is 0. The second-order valence-corrected chi connectivity index (χ2v) is 9.48. The molecule has 0 saturated carbocycles. The highest BCUT2D eigenvalue weighted by Crippen LogP contribution is 2.40. The number of carbonyl (C=O) groups excluding carboxylic acids is 3. The van der Waals surface area contributed by atoms with Crippen LogP contribution >= 0.6 is 0 Å². The van der Waals surface area contributed by atoms with Crippen LogP contribution in [0.1, 0.15) is 55.9 Å². The normalized spacial score (nSPS) is 24.4. The molecule has 6 rings (SSSR count). The molecule has 0 radical (unpaired) electrons. The second kappa shape index (κ2) is 8.53. The van der Waals surface area contributed by atoms with E-state index < -0.39 is 0 Å². The van der Waals surface area contributed by atoms with Crippen LogP contribution in [0.5, 0.6) is 11.6 Å². The highest BCUT2D eigenvalue weighted by molar-refractivity contribution is 6.01. The van der Waals surface area contributed by atoms with Crippen molar-refractivity contribution in [3.8, 4) is 11.6 Å². The molecule has 2 N–H and O–H groups in total. The molecular formula is C25H26N4O6. The van der Waals surface area contributed by atoms with Crippen molar-refractivity contribution in [2.45, 2.75) is 31.9 Å². The van der Waals surface area contributed by atoms with Crippen LogP contribution in [0.3, 0.4) is 0 Å². The van der Waals surface area contributed by atoms with Gasteiger partial charge in [-0.25, -0.2) is 4.98 Å². The van der Waals surface area contributed by atoms with Crippen molar-refractivity contribution < 1.29 is 28.6 Å². The van der Waals surface area contributed by atoms with E-state index in [0.717, 1.165) is 18.4 Å². The third-order valence-electron chi connectivity index (χ3n) is 7.43. The van der Waals surface area contributed by atoms with E-state index in [9.17, 15) is 14.4 Å². The number of likely N-dealkylation sites (tertiary alicyclic amines) is 1. The summed E-state index contributed by atoms with van der Waals surface area (Å²) in [4.78, 5) is 44.3. The first-order valence-electron chi connectivity index (χ1n) is 11.9. The number of carbonyl (C=O) groups is 3. The van der Waals surface area contributed by atoms with Gasteiger partial charge in [-0.2, -0.15) is 0 Å². The van der Waals surface area contributed by atoms with Crippen molar-refractivity contribution >= 4 is 17.7 Å². The number of nitrogens with one attached hydrogen (secondary N) is 2. The lowest BCUT2D eigenvalue weighted by molar-refractivity contribution is -0.116. The summed E-state index contributed by atoms with van der Waals surface area (Å²) in [5.74, 6) is 0.219. The van der Waals surface area contributed by atoms with Gasteiger partial charge >= 0.3 is 0 Å². The Hall–Kier alpha value is -3.66. The average Bonchev–Trinajstić information content (AvgIpc) is 3.53. The van der Waals surface area contributed by atoms with E-state index >= 15 is 0 Å². The molecule has 0 unspecified atom stereocenters. The fraction of sp³-hybridized carbons (Fsp3) is 0.440. The summed E-state index contributed by atoms with van der Waals surface area (Å²) in [6.45, 7) is 2.60. The summed E-state index contributed by atoms with van der Waals surface area (Å²) in [5.41, 5.74) is 2.03. The highest BCUT2D eigenvalue weighted by Gasteiger charge is 2.47. The molecular weight excluding hydrogens is 452 g/mol. The van der Waals surface area contributed by atoms with Crippen LogP contribution in [0, 0.1) is 5.41 Å². The predicted octanol–water partition coefficient (Wildman–Crippen LogP) is 1.49. The highest BCUT2D eigenvalue weighted by atomic mass is 16.7. The van der Waals surface area contributed by atoms with Crippen LogP contribution < -0.4 is 20.1 Å². The third kappa shape index (κ3) is 3.78. The zero-order valence-electron chi connectivity index (χ0n) is 19.2. The Bertz CT molecular complexity index is 1220. The molecule has 4 aliphatic rings. The summed E-state index contributed by atoms with van der Waals surface area (Å²) >= 11 is 0. The summed E-state index contributed by atoms with van der Waals surface area (Å²) in [6.07, 6.45) is 3.90. The lowest BCUT2D eigenvalue weighted by Crippen LogP contribution is -2.60. The second-order valence-electron chi connectivity index (χ2n) is 9.48. The Morgan fingerprint density at radius 3 is 3.09 bits per heavy atom. The molecule has 1 aromatic carbocycles. The van der Waals surface area contributed by atoms with Gasteiger partial charge in [0.05, 0.1) is 11.7 Å². The minimum Gasteiger partial charge on any atom is -0.451 e. The summed E-state index contributed by atoms with van der Waals surface area (Å²) < 4.78 is 16.8. The number of amides is 3. The van der Waals surface area contributed by atoms with Gasteiger partial charge in [0.25, 0.3) is 23.6 Å². The first kappa shape index (κ1) is 21.8. The van der Waals surface area contributed by atoms with E-state index in [2.05, 4.69) is 15.6 Å². The summed E-state index contributed by atoms with van der Waals surface area (Å²) in [5, 5.41) is 5.85. The first-order valence-corrected chi connectivity index (χ1v) is 11.9. The van der Waals surface area contributed by atoms with Crippen molar-refractivity contribution in [1.82, 2.24) is 20.5 Å². The number of hydrogen-bond acceptors (Lipinski definition) is 7. The van der Waals surface area contributed by atoms with Gasteiger partial charge in [0.15, 0.2) is 5.75 Å². The van der Waals surface area contributed by atoms with E-state index in [4.69, 9.17) is 14.2 Å². The molecule has 2 aromatic rings. The van der Waals surface area contributed by atoms with Crippen LogP contribution in [-0.2, 0) is 11.3 Å². The number of ether oxygens (including phenoxy) is 3. The van der Waals surface area contributed by atoms with Gasteiger partial charge in [0, 0.05) is 55.5 Å². The minimum absolute atomic E-state index is 0.0369. The molecule has 2 atom stereocenters. The van der Waals surface area contributed by atoms with Gasteiger partial charge in [-0.3, -0.25) is 14.4 Å². The monoisotopic (exact) mass is 478 g/mol. The average molecular weight is 479 g/mol. The molecule has 182 valence electrons. The molecule has 0 bridgehead atoms. The maximum atomic E-state index is 13.4. The molecule has 2 saturated heterocycles. The lowest BCUT2D eigenvalue weighted by atomic mass is 9.72. The molecule has 3 amide bonds. The topological polar surface area (TPSA) is 119 Å². The van der Waals surface area contributed by atoms with Crippen LogP contribution in [0.15, 0.2) is 30.5 Å². The molecule has 10 heteroatoms. The molecule has 0 spiro atoms. The van der Waals surface area contributed by atoms with Gasteiger partial charge < -0.3 is 29.7 Å². The first-order chi connectivity index (χ1) is 17.0. The van der Waals surface area contributed by atoms with Gasteiger partial charge in [-0.15, -0.1) is 0 Å². The van der Waals surface area contributed by atoms with Crippen molar-refractivity contribution in [2.24, 2.45) is 5.41 Å². The lowest BCUT2D eigenvalue weighted by Gasteiger charge is -2.50. The Kier molecular flexibility index (Phi) is 5.32. The Morgan fingerprint density at radius 2 is 2.17 bits per heavy atom. The van der Waals surface area contributed by atoms with Crippen molar-refractivity contribution in [3.63, 3.8) is 0 Å². The predicted molar refractivity (Wildman–Crippen MR) is 122 cm³/mol. The molecule has 0 aliphatic carbocycles. The van der Waals surface area contributed by atoms with Crippen LogP contribution in [-0.4, -0.2) is 66.7 Å². The van der Waals surface area contributed by atoms with Gasteiger partial charge in [-0.05, 0) is 49.1 Å². The van der Waals surface area contributed by atoms with E-state index in [1.807, 2.05) is 4.90 Å².